The second-order valence-corrected chi connectivity index (χ2v) is 8.24. The third kappa shape index (κ3) is 6.02. The Morgan fingerprint density at radius 3 is 2.44 bits per heavy atom. The topological polar surface area (TPSA) is 67.9 Å². The van der Waals surface area contributed by atoms with Gasteiger partial charge in [-0.1, -0.05) is 42.5 Å². The lowest BCUT2D eigenvalue weighted by Gasteiger charge is -2.21. The number of likely N-dealkylation sites (N-methyl/N-ethyl adjacent to an activating group) is 1. The van der Waals surface area contributed by atoms with Crippen molar-refractivity contribution in [3.05, 3.63) is 90.0 Å². The molecule has 0 bridgehead atoms. The van der Waals surface area contributed by atoms with Crippen LogP contribution in [0.5, 0.6) is 5.75 Å². The van der Waals surface area contributed by atoms with Crippen LogP contribution in [-0.2, 0) is 16.0 Å². The number of anilines is 2. The molecule has 1 atom stereocenters. The van der Waals surface area contributed by atoms with Crippen LogP contribution in [0.15, 0.2) is 78.9 Å². The van der Waals surface area contributed by atoms with Crippen molar-refractivity contribution in [2.24, 2.45) is 0 Å². The van der Waals surface area contributed by atoms with Gasteiger partial charge in [-0.25, -0.2) is 0 Å². The molecule has 2 amide bonds. The summed E-state index contributed by atoms with van der Waals surface area (Å²) in [6.45, 7) is 3.77. The average Bonchev–Trinajstić information content (AvgIpc) is 3.39. The Hall–Kier alpha value is -3.64. The fraction of sp³-hybridized carbons (Fsp3) is 0.286. The average molecular weight is 459 g/mol. The SMILES string of the molecule is CCN(C(=O)Cc1ccc(NC(=O)c2ccccc2OCC2CCCO2)cc1)c1ccccc1. The van der Waals surface area contributed by atoms with Gasteiger partial charge in [-0.2, -0.15) is 0 Å². The zero-order valence-electron chi connectivity index (χ0n) is 19.4. The van der Waals surface area contributed by atoms with Crippen LogP contribution >= 0.6 is 0 Å². The molecule has 1 aliphatic heterocycles. The molecule has 0 spiro atoms. The van der Waals surface area contributed by atoms with E-state index in [1.54, 1.807) is 17.0 Å². The molecule has 1 aliphatic rings. The van der Waals surface area contributed by atoms with Gasteiger partial charge in [0.2, 0.25) is 5.91 Å². The van der Waals surface area contributed by atoms with E-state index in [0.717, 1.165) is 30.7 Å². The molecule has 1 N–H and O–H groups in total. The maximum atomic E-state index is 12.9. The molecule has 3 aromatic carbocycles. The number of nitrogens with zero attached hydrogens (tertiary/aromatic N) is 1. The van der Waals surface area contributed by atoms with Crippen molar-refractivity contribution in [1.29, 1.82) is 0 Å². The Balaban J connectivity index is 1.36. The van der Waals surface area contributed by atoms with Crippen LogP contribution in [0.1, 0.15) is 35.7 Å². The van der Waals surface area contributed by atoms with Crippen molar-refractivity contribution < 1.29 is 19.1 Å². The van der Waals surface area contributed by atoms with Crippen molar-refractivity contribution in [3.63, 3.8) is 0 Å². The van der Waals surface area contributed by atoms with Crippen molar-refractivity contribution in [2.75, 3.05) is 30.0 Å². The molecule has 1 fully saturated rings. The van der Waals surface area contributed by atoms with Gasteiger partial charge >= 0.3 is 0 Å². The summed E-state index contributed by atoms with van der Waals surface area (Å²) < 4.78 is 11.5. The summed E-state index contributed by atoms with van der Waals surface area (Å²) >= 11 is 0. The van der Waals surface area contributed by atoms with Crippen molar-refractivity contribution in [1.82, 2.24) is 0 Å². The molecule has 0 saturated carbocycles. The first-order valence-electron chi connectivity index (χ1n) is 11.7. The van der Waals surface area contributed by atoms with Gasteiger partial charge in [-0.3, -0.25) is 9.59 Å². The minimum atomic E-state index is -0.243. The van der Waals surface area contributed by atoms with E-state index in [1.807, 2.05) is 73.7 Å². The smallest absolute Gasteiger partial charge is 0.259 e. The fourth-order valence-corrected chi connectivity index (χ4v) is 4.02. The number of amides is 2. The first-order valence-corrected chi connectivity index (χ1v) is 11.7. The maximum absolute atomic E-state index is 12.9. The summed E-state index contributed by atoms with van der Waals surface area (Å²) in [6, 6.07) is 24.2. The number of para-hydroxylation sites is 2. The monoisotopic (exact) mass is 458 g/mol. The highest BCUT2D eigenvalue weighted by molar-refractivity contribution is 6.06. The molecular weight excluding hydrogens is 428 g/mol. The summed E-state index contributed by atoms with van der Waals surface area (Å²) in [5, 5.41) is 2.92. The first kappa shape index (κ1) is 23.5. The normalized spacial score (nSPS) is 15.0. The minimum Gasteiger partial charge on any atom is -0.490 e. The summed E-state index contributed by atoms with van der Waals surface area (Å²) in [5.74, 6) is 0.328. The van der Waals surface area contributed by atoms with Crippen LogP contribution in [0.2, 0.25) is 0 Å². The van der Waals surface area contributed by atoms with Gasteiger partial charge in [0.05, 0.1) is 18.1 Å². The number of benzene rings is 3. The molecule has 6 nitrogen and oxygen atoms in total. The quantitative estimate of drug-likeness (QED) is 0.485. The van der Waals surface area contributed by atoms with Gasteiger partial charge in [0, 0.05) is 24.5 Å². The lowest BCUT2D eigenvalue weighted by Crippen LogP contribution is -2.31. The molecule has 176 valence electrons. The molecule has 1 unspecified atom stereocenters. The van der Waals surface area contributed by atoms with Gasteiger partial charge in [0.1, 0.15) is 12.4 Å². The Morgan fingerprint density at radius 2 is 1.74 bits per heavy atom. The highest BCUT2D eigenvalue weighted by Crippen LogP contribution is 2.22. The van der Waals surface area contributed by atoms with E-state index in [4.69, 9.17) is 9.47 Å². The van der Waals surface area contributed by atoms with Gasteiger partial charge in [-0.15, -0.1) is 0 Å². The molecule has 4 rings (SSSR count). The number of ether oxygens (including phenoxy) is 2. The molecule has 1 heterocycles. The van der Waals surface area contributed by atoms with Crippen LogP contribution < -0.4 is 15.0 Å². The Kier molecular flexibility index (Phi) is 7.94. The Bertz CT molecular complexity index is 1090. The van der Waals surface area contributed by atoms with Crippen molar-refractivity contribution in [2.45, 2.75) is 32.3 Å². The lowest BCUT2D eigenvalue weighted by molar-refractivity contribution is -0.117. The highest BCUT2D eigenvalue weighted by Gasteiger charge is 2.19. The van der Waals surface area contributed by atoms with E-state index in [0.29, 0.717) is 30.2 Å². The summed E-state index contributed by atoms with van der Waals surface area (Å²) in [4.78, 5) is 27.5. The molecule has 0 aliphatic carbocycles. The number of carbonyl (C=O) groups excluding carboxylic acids is 2. The lowest BCUT2D eigenvalue weighted by atomic mass is 10.1. The predicted octanol–water partition coefficient (Wildman–Crippen LogP) is 5.09. The molecular formula is C28H30N2O4. The summed E-state index contributed by atoms with van der Waals surface area (Å²) in [6.07, 6.45) is 2.39. The Morgan fingerprint density at radius 1 is 1.00 bits per heavy atom. The minimum absolute atomic E-state index is 0.0304. The van der Waals surface area contributed by atoms with Gasteiger partial charge < -0.3 is 19.7 Å². The second-order valence-electron chi connectivity index (χ2n) is 8.24. The van der Waals surface area contributed by atoms with Crippen LogP contribution in [-0.4, -0.2) is 37.7 Å². The third-order valence-electron chi connectivity index (χ3n) is 5.83. The summed E-state index contributed by atoms with van der Waals surface area (Å²) in [7, 11) is 0. The molecule has 0 aromatic heterocycles. The van der Waals surface area contributed by atoms with Crippen LogP contribution in [0.3, 0.4) is 0 Å². The predicted molar refractivity (Wildman–Crippen MR) is 133 cm³/mol. The van der Waals surface area contributed by atoms with Gasteiger partial charge in [-0.05, 0) is 61.7 Å². The first-order chi connectivity index (χ1) is 16.6. The number of hydrogen-bond acceptors (Lipinski definition) is 4. The number of rotatable bonds is 9. The van der Waals surface area contributed by atoms with E-state index in [2.05, 4.69) is 5.32 Å². The van der Waals surface area contributed by atoms with Crippen LogP contribution in [0, 0.1) is 0 Å². The zero-order chi connectivity index (χ0) is 23.8. The van der Waals surface area contributed by atoms with Gasteiger partial charge in [0.15, 0.2) is 0 Å². The van der Waals surface area contributed by atoms with Gasteiger partial charge in [0.25, 0.3) is 5.91 Å². The second kappa shape index (κ2) is 11.5. The Labute approximate surface area is 200 Å². The molecule has 3 aromatic rings. The summed E-state index contributed by atoms with van der Waals surface area (Å²) in [5.41, 5.74) is 2.91. The van der Waals surface area contributed by atoms with Crippen molar-refractivity contribution in [3.8, 4) is 5.75 Å². The highest BCUT2D eigenvalue weighted by atomic mass is 16.5. The molecule has 34 heavy (non-hydrogen) atoms. The molecule has 1 saturated heterocycles. The molecule has 0 radical (unpaired) electrons. The standard InChI is InChI=1S/C28H30N2O4/c1-2-30(23-9-4-3-5-10-23)27(31)19-21-14-16-22(17-15-21)29-28(32)25-12-6-7-13-26(25)34-20-24-11-8-18-33-24/h3-7,9-10,12-17,24H,2,8,11,18-20H2,1H3,(H,29,32). The zero-order valence-corrected chi connectivity index (χ0v) is 19.4. The van der Waals surface area contributed by atoms with Crippen molar-refractivity contribution >= 4 is 23.2 Å². The fourth-order valence-electron chi connectivity index (χ4n) is 4.02. The molecule has 6 heteroatoms. The number of carbonyl (C=O) groups is 2. The van der Waals surface area contributed by atoms with E-state index in [9.17, 15) is 9.59 Å². The van der Waals surface area contributed by atoms with Crippen LogP contribution in [0.4, 0.5) is 11.4 Å². The maximum Gasteiger partial charge on any atom is 0.259 e. The number of hydrogen-bond donors (Lipinski definition) is 1. The third-order valence-corrected chi connectivity index (χ3v) is 5.83. The van der Waals surface area contributed by atoms with Crippen LogP contribution in [0.25, 0.3) is 0 Å². The largest absolute Gasteiger partial charge is 0.490 e. The van der Waals surface area contributed by atoms with E-state index in [-0.39, 0.29) is 24.3 Å². The van der Waals surface area contributed by atoms with E-state index >= 15 is 0 Å². The van der Waals surface area contributed by atoms with E-state index in [1.165, 1.54) is 0 Å². The van der Waals surface area contributed by atoms with E-state index < -0.39 is 0 Å². The number of nitrogens with one attached hydrogen (secondary N) is 1.